The van der Waals surface area contributed by atoms with E-state index in [1.807, 2.05) is 0 Å². The van der Waals surface area contributed by atoms with Gasteiger partial charge in [0, 0.05) is 0 Å². The van der Waals surface area contributed by atoms with Crippen LogP contribution in [0.4, 0.5) is 8.78 Å². The number of hydrogen-bond acceptors (Lipinski definition) is 3. The van der Waals surface area contributed by atoms with Crippen LogP contribution in [0.1, 0.15) is 10.4 Å². The van der Waals surface area contributed by atoms with Gasteiger partial charge in [-0.15, -0.1) is 6.42 Å². The minimum Gasteiger partial charge on any atom is -0.434 e. The summed E-state index contributed by atoms with van der Waals surface area (Å²) in [5.74, 6) is 0.761. The van der Waals surface area contributed by atoms with Gasteiger partial charge in [-0.25, -0.2) is 0 Å². The Morgan fingerprint density at radius 1 is 1.30 bits per heavy atom. The van der Waals surface area contributed by atoms with Crippen molar-refractivity contribution in [3.63, 3.8) is 0 Å². The highest BCUT2D eigenvalue weighted by atomic mass is 19.3. The topological polar surface area (TPSA) is 67.4 Å². The number of rotatable bonds is 6. The lowest BCUT2D eigenvalue weighted by Gasteiger charge is -2.10. The smallest absolute Gasteiger partial charge is 0.387 e. The zero-order valence-corrected chi connectivity index (χ0v) is 10.4. The van der Waals surface area contributed by atoms with E-state index >= 15 is 0 Å². The average Bonchev–Trinajstić information content (AvgIpc) is 2.42. The number of terminal acetylenes is 1. The van der Waals surface area contributed by atoms with E-state index in [1.54, 1.807) is 0 Å². The molecule has 20 heavy (non-hydrogen) atoms. The summed E-state index contributed by atoms with van der Waals surface area (Å²) in [5.41, 5.74) is -0.0856. The summed E-state index contributed by atoms with van der Waals surface area (Å²) in [6.07, 6.45) is 4.95. The van der Waals surface area contributed by atoms with Gasteiger partial charge in [0.05, 0.1) is 18.7 Å². The number of nitrogens with one attached hydrogen (secondary N) is 2. The number of benzene rings is 1. The lowest BCUT2D eigenvalue weighted by molar-refractivity contribution is -0.119. The normalized spacial score (nSPS) is 9.70. The first-order chi connectivity index (χ1) is 9.54. The Morgan fingerprint density at radius 2 is 2.00 bits per heavy atom. The summed E-state index contributed by atoms with van der Waals surface area (Å²) in [6.45, 7) is -3.31. The molecule has 0 unspecified atom stereocenters. The van der Waals surface area contributed by atoms with Gasteiger partial charge in [0.1, 0.15) is 5.75 Å². The molecule has 0 fully saturated rings. The maximum atomic E-state index is 12.2. The van der Waals surface area contributed by atoms with E-state index in [0.717, 1.165) is 0 Å². The molecule has 1 aromatic rings. The summed E-state index contributed by atoms with van der Waals surface area (Å²) in [4.78, 5) is 23.0. The van der Waals surface area contributed by atoms with E-state index in [0.29, 0.717) is 0 Å². The quantitative estimate of drug-likeness (QED) is 0.757. The van der Waals surface area contributed by atoms with Gasteiger partial charge < -0.3 is 15.4 Å². The fourth-order valence-corrected chi connectivity index (χ4v) is 1.32. The van der Waals surface area contributed by atoms with Crippen LogP contribution in [0.3, 0.4) is 0 Å². The third-order valence-electron chi connectivity index (χ3n) is 2.14. The van der Waals surface area contributed by atoms with Crippen molar-refractivity contribution in [2.75, 3.05) is 13.1 Å². The van der Waals surface area contributed by atoms with E-state index in [9.17, 15) is 18.4 Å². The van der Waals surface area contributed by atoms with Crippen LogP contribution >= 0.6 is 0 Å². The molecule has 0 saturated carbocycles. The van der Waals surface area contributed by atoms with E-state index in [4.69, 9.17) is 6.42 Å². The molecule has 0 saturated heterocycles. The van der Waals surface area contributed by atoms with Gasteiger partial charge in [0.15, 0.2) is 0 Å². The molecular weight excluding hydrogens is 270 g/mol. The van der Waals surface area contributed by atoms with Crippen LogP contribution in [0, 0.1) is 12.3 Å². The van der Waals surface area contributed by atoms with Crippen LogP contribution in [0.25, 0.3) is 0 Å². The Bertz CT molecular complexity index is 527. The van der Waals surface area contributed by atoms with Crippen LogP contribution in [0.5, 0.6) is 5.75 Å². The Kier molecular flexibility index (Phi) is 5.97. The predicted molar refractivity (Wildman–Crippen MR) is 67.2 cm³/mol. The molecule has 0 radical (unpaired) electrons. The van der Waals surface area contributed by atoms with Crippen molar-refractivity contribution >= 4 is 11.8 Å². The number of alkyl halides is 2. The molecule has 0 aliphatic heterocycles. The third-order valence-corrected chi connectivity index (χ3v) is 2.14. The molecule has 2 amide bonds. The second-order valence-electron chi connectivity index (χ2n) is 3.54. The Balaban J connectivity index is 2.64. The molecular formula is C13H12F2N2O3. The summed E-state index contributed by atoms with van der Waals surface area (Å²) in [6, 6.07) is 5.49. The lowest BCUT2D eigenvalue weighted by atomic mass is 10.2. The molecule has 0 aromatic heterocycles. The highest BCUT2D eigenvalue weighted by Gasteiger charge is 2.15. The molecule has 7 heteroatoms. The van der Waals surface area contributed by atoms with Crippen molar-refractivity contribution in [2.45, 2.75) is 6.61 Å². The van der Waals surface area contributed by atoms with E-state index < -0.39 is 18.4 Å². The largest absolute Gasteiger partial charge is 0.434 e. The van der Waals surface area contributed by atoms with Crippen LogP contribution < -0.4 is 15.4 Å². The molecule has 0 aliphatic carbocycles. The van der Waals surface area contributed by atoms with Crippen molar-refractivity contribution in [1.29, 1.82) is 0 Å². The van der Waals surface area contributed by atoms with Gasteiger partial charge in [-0.3, -0.25) is 9.59 Å². The molecule has 0 aliphatic rings. The number of amides is 2. The van der Waals surface area contributed by atoms with Crippen molar-refractivity contribution in [3.05, 3.63) is 29.8 Å². The van der Waals surface area contributed by atoms with Crippen LogP contribution in [0.15, 0.2) is 24.3 Å². The van der Waals surface area contributed by atoms with Gasteiger partial charge in [-0.2, -0.15) is 8.78 Å². The molecule has 0 heterocycles. The van der Waals surface area contributed by atoms with Crippen molar-refractivity contribution in [3.8, 4) is 18.1 Å². The zero-order chi connectivity index (χ0) is 15.0. The standard InChI is InChI=1S/C13H12F2N2O3/c1-2-7-16-11(18)8-17-12(19)9-5-3-4-6-10(9)20-13(14)15/h1,3-6,13H,7-8H2,(H,16,18)(H,17,19). The highest BCUT2D eigenvalue weighted by molar-refractivity contribution is 5.98. The zero-order valence-electron chi connectivity index (χ0n) is 10.4. The number of para-hydroxylation sites is 1. The van der Waals surface area contributed by atoms with Gasteiger partial charge in [0.25, 0.3) is 5.91 Å². The van der Waals surface area contributed by atoms with Gasteiger partial charge in [-0.1, -0.05) is 18.1 Å². The first kappa shape index (κ1) is 15.4. The van der Waals surface area contributed by atoms with E-state index in [2.05, 4.69) is 21.3 Å². The number of halogens is 2. The molecule has 0 atom stereocenters. The molecule has 0 bridgehead atoms. The van der Waals surface area contributed by atoms with E-state index in [1.165, 1.54) is 24.3 Å². The van der Waals surface area contributed by atoms with E-state index in [-0.39, 0.29) is 24.4 Å². The Morgan fingerprint density at radius 3 is 2.65 bits per heavy atom. The number of carbonyl (C=O) groups excluding carboxylic acids is 2. The van der Waals surface area contributed by atoms with Crippen molar-refractivity contribution in [1.82, 2.24) is 10.6 Å². The summed E-state index contributed by atoms with van der Waals surface area (Å²) >= 11 is 0. The summed E-state index contributed by atoms with van der Waals surface area (Å²) in [7, 11) is 0. The monoisotopic (exact) mass is 282 g/mol. The number of ether oxygens (including phenoxy) is 1. The minimum absolute atomic E-state index is 0.0415. The molecule has 1 rings (SSSR count). The van der Waals surface area contributed by atoms with Gasteiger partial charge >= 0.3 is 6.61 Å². The second kappa shape index (κ2) is 7.74. The number of hydrogen-bond donors (Lipinski definition) is 2. The van der Waals surface area contributed by atoms with Crippen molar-refractivity contribution in [2.24, 2.45) is 0 Å². The SMILES string of the molecule is C#CCNC(=O)CNC(=O)c1ccccc1OC(F)F. The van der Waals surface area contributed by atoms with Gasteiger partial charge in [0.2, 0.25) is 5.91 Å². The maximum absolute atomic E-state index is 12.2. The average molecular weight is 282 g/mol. The maximum Gasteiger partial charge on any atom is 0.387 e. The number of carbonyl (C=O) groups is 2. The molecule has 2 N–H and O–H groups in total. The Hall–Kier alpha value is -2.62. The summed E-state index contributed by atoms with van der Waals surface area (Å²) < 4.78 is 28.6. The fraction of sp³-hybridized carbons (Fsp3) is 0.231. The third kappa shape index (κ3) is 4.94. The van der Waals surface area contributed by atoms with Gasteiger partial charge in [-0.05, 0) is 12.1 Å². The second-order valence-corrected chi connectivity index (χ2v) is 3.54. The molecule has 106 valence electrons. The van der Waals surface area contributed by atoms with Crippen LogP contribution in [0.2, 0.25) is 0 Å². The Labute approximate surface area is 114 Å². The first-order valence-corrected chi connectivity index (χ1v) is 5.56. The lowest BCUT2D eigenvalue weighted by Crippen LogP contribution is -2.37. The summed E-state index contributed by atoms with van der Waals surface area (Å²) in [5, 5.41) is 4.62. The van der Waals surface area contributed by atoms with Crippen LogP contribution in [-0.2, 0) is 4.79 Å². The predicted octanol–water partition coefficient (Wildman–Crippen LogP) is 0.767. The van der Waals surface area contributed by atoms with Crippen molar-refractivity contribution < 1.29 is 23.1 Å². The first-order valence-electron chi connectivity index (χ1n) is 5.56. The highest BCUT2D eigenvalue weighted by Crippen LogP contribution is 2.19. The molecule has 0 spiro atoms. The molecule has 1 aromatic carbocycles. The fourth-order valence-electron chi connectivity index (χ4n) is 1.32. The van der Waals surface area contributed by atoms with Crippen LogP contribution in [-0.4, -0.2) is 31.5 Å². The minimum atomic E-state index is -3.04. The molecule has 5 nitrogen and oxygen atoms in total.